The Morgan fingerprint density at radius 3 is 2.97 bits per heavy atom. The number of rotatable bonds is 4. The fraction of sp³-hybridized carbons (Fsp3) is 0.381. The predicted octanol–water partition coefficient (Wildman–Crippen LogP) is 2.88. The number of piperidine rings is 1. The van der Waals surface area contributed by atoms with Crippen molar-refractivity contribution in [2.45, 2.75) is 31.4 Å². The number of amides is 1. The van der Waals surface area contributed by atoms with Crippen LogP contribution in [0.5, 0.6) is 0 Å². The first kappa shape index (κ1) is 18.5. The van der Waals surface area contributed by atoms with Crippen LogP contribution >= 0.6 is 11.3 Å². The van der Waals surface area contributed by atoms with Crippen LogP contribution in [0.4, 0.5) is 0 Å². The smallest absolute Gasteiger partial charge is 0.261 e. The SMILES string of the molecule is O=C(NCc1cc(-c2ccccn2)no1)c1cc2c(s1)CCOC21CCNCC1. The summed E-state index contributed by atoms with van der Waals surface area (Å²) in [7, 11) is 0. The first-order valence-corrected chi connectivity index (χ1v) is 10.7. The third-order valence-electron chi connectivity index (χ3n) is 5.55. The topological polar surface area (TPSA) is 89.3 Å². The molecule has 150 valence electrons. The summed E-state index contributed by atoms with van der Waals surface area (Å²) in [5, 5.41) is 10.4. The molecule has 3 aromatic heterocycles. The van der Waals surface area contributed by atoms with Crippen LogP contribution in [0, 0.1) is 0 Å². The van der Waals surface area contributed by atoms with Crippen LogP contribution in [-0.4, -0.2) is 35.7 Å². The number of nitrogens with zero attached hydrogens (tertiary/aromatic N) is 2. The van der Waals surface area contributed by atoms with E-state index in [0.717, 1.165) is 49.5 Å². The van der Waals surface area contributed by atoms with Crippen LogP contribution in [0.25, 0.3) is 11.4 Å². The molecule has 29 heavy (non-hydrogen) atoms. The van der Waals surface area contributed by atoms with Gasteiger partial charge in [-0.15, -0.1) is 11.3 Å². The number of ether oxygens (including phenoxy) is 1. The highest BCUT2D eigenvalue weighted by Gasteiger charge is 2.40. The number of hydrogen-bond donors (Lipinski definition) is 2. The number of thiophene rings is 1. The van der Waals surface area contributed by atoms with Gasteiger partial charge in [-0.05, 0) is 49.7 Å². The summed E-state index contributed by atoms with van der Waals surface area (Å²) in [4.78, 5) is 19.0. The summed E-state index contributed by atoms with van der Waals surface area (Å²) in [5.74, 6) is 0.503. The molecule has 1 fully saturated rings. The molecule has 7 nitrogen and oxygen atoms in total. The zero-order chi connectivity index (χ0) is 19.7. The lowest BCUT2D eigenvalue weighted by Gasteiger charge is -2.40. The van der Waals surface area contributed by atoms with Crippen molar-refractivity contribution in [1.82, 2.24) is 20.8 Å². The molecule has 0 radical (unpaired) electrons. The lowest BCUT2D eigenvalue weighted by atomic mass is 9.83. The number of carbonyl (C=O) groups excluding carboxylic acids is 1. The Bertz CT molecular complexity index is 1010. The molecule has 5 heterocycles. The van der Waals surface area contributed by atoms with Crippen molar-refractivity contribution < 1.29 is 14.1 Å². The van der Waals surface area contributed by atoms with Crippen LogP contribution in [-0.2, 0) is 23.3 Å². The molecule has 1 amide bonds. The number of pyridine rings is 1. The zero-order valence-electron chi connectivity index (χ0n) is 15.9. The molecule has 0 aliphatic carbocycles. The minimum atomic E-state index is -0.226. The summed E-state index contributed by atoms with van der Waals surface area (Å²) in [5.41, 5.74) is 2.38. The van der Waals surface area contributed by atoms with Crippen molar-refractivity contribution in [3.8, 4) is 11.4 Å². The van der Waals surface area contributed by atoms with E-state index < -0.39 is 0 Å². The van der Waals surface area contributed by atoms with Gasteiger partial charge in [-0.25, -0.2) is 0 Å². The lowest BCUT2D eigenvalue weighted by molar-refractivity contribution is -0.0792. The van der Waals surface area contributed by atoms with Gasteiger partial charge in [-0.3, -0.25) is 9.78 Å². The van der Waals surface area contributed by atoms with Gasteiger partial charge < -0.3 is 19.9 Å². The molecular formula is C21H22N4O3S. The maximum Gasteiger partial charge on any atom is 0.261 e. The Morgan fingerprint density at radius 2 is 2.14 bits per heavy atom. The molecular weight excluding hydrogens is 388 g/mol. The summed E-state index contributed by atoms with van der Waals surface area (Å²) in [6.07, 6.45) is 4.49. The maximum absolute atomic E-state index is 12.8. The highest BCUT2D eigenvalue weighted by Crippen LogP contribution is 2.43. The molecule has 0 saturated carbocycles. The Kier molecular flexibility index (Phi) is 4.91. The standard InChI is InChI=1S/C21H22N4O3S/c26-20(24-13-14-11-17(25-28-14)16-3-1-2-7-23-16)19-12-15-18(29-19)4-10-27-21(15)5-8-22-9-6-21/h1-3,7,11-12,22H,4-6,8-10,13H2,(H,24,26). The molecule has 2 aliphatic rings. The summed E-state index contributed by atoms with van der Waals surface area (Å²) < 4.78 is 11.6. The van der Waals surface area contributed by atoms with E-state index in [2.05, 4.69) is 20.8 Å². The quantitative estimate of drug-likeness (QED) is 0.688. The van der Waals surface area contributed by atoms with E-state index >= 15 is 0 Å². The number of fused-ring (bicyclic) bond motifs is 2. The number of nitrogens with one attached hydrogen (secondary N) is 2. The molecule has 0 atom stereocenters. The highest BCUT2D eigenvalue weighted by molar-refractivity contribution is 7.14. The minimum absolute atomic E-state index is 0.0933. The van der Waals surface area contributed by atoms with Crippen LogP contribution in [0.15, 0.2) is 41.1 Å². The van der Waals surface area contributed by atoms with Gasteiger partial charge in [0.05, 0.1) is 29.3 Å². The van der Waals surface area contributed by atoms with E-state index in [0.29, 0.717) is 11.5 Å². The molecule has 2 aliphatic heterocycles. The second-order valence-electron chi connectivity index (χ2n) is 7.37. The average Bonchev–Trinajstić information content (AvgIpc) is 3.42. The molecule has 0 bridgehead atoms. The summed E-state index contributed by atoms with van der Waals surface area (Å²) in [6, 6.07) is 9.45. The maximum atomic E-state index is 12.8. The van der Waals surface area contributed by atoms with Gasteiger partial charge in [0.15, 0.2) is 5.76 Å². The van der Waals surface area contributed by atoms with E-state index in [9.17, 15) is 4.79 Å². The van der Waals surface area contributed by atoms with Crippen molar-refractivity contribution in [1.29, 1.82) is 0 Å². The van der Waals surface area contributed by atoms with E-state index in [1.165, 1.54) is 10.4 Å². The minimum Gasteiger partial charge on any atom is -0.370 e. The molecule has 0 unspecified atom stereocenters. The summed E-state index contributed by atoms with van der Waals surface area (Å²) in [6.45, 7) is 2.90. The van der Waals surface area contributed by atoms with Crippen LogP contribution in [0.3, 0.4) is 0 Å². The fourth-order valence-electron chi connectivity index (χ4n) is 4.06. The Balaban J connectivity index is 1.28. The second-order valence-corrected chi connectivity index (χ2v) is 8.50. The lowest BCUT2D eigenvalue weighted by Crippen LogP contribution is -2.44. The van der Waals surface area contributed by atoms with Crippen molar-refractivity contribution in [3.05, 3.63) is 57.6 Å². The molecule has 0 aromatic carbocycles. The first-order chi connectivity index (χ1) is 14.2. The van der Waals surface area contributed by atoms with E-state index in [1.54, 1.807) is 23.6 Å². The van der Waals surface area contributed by atoms with Crippen LogP contribution < -0.4 is 10.6 Å². The zero-order valence-corrected chi connectivity index (χ0v) is 16.8. The van der Waals surface area contributed by atoms with Gasteiger partial charge >= 0.3 is 0 Å². The van der Waals surface area contributed by atoms with E-state index in [4.69, 9.17) is 9.26 Å². The first-order valence-electron chi connectivity index (χ1n) is 9.87. The Labute approximate surface area is 172 Å². The van der Waals surface area contributed by atoms with Crippen molar-refractivity contribution in [2.75, 3.05) is 19.7 Å². The fourth-order valence-corrected chi connectivity index (χ4v) is 5.21. The van der Waals surface area contributed by atoms with Gasteiger partial charge in [0.1, 0.15) is 5.69 Å². The second kappa shape index (κ2) is 7.70. The predicted molar refractivity (Wildman–Crippen MR) is 109 cm³/mol. The third-order valence-corrected chi connectivity index (χ3v) is 6.75. The highest BCUT2D eigenvalue weighted by atomic mass is 32.1. The molecule has 5 rings (SSSR count). The van der Waals surface area contributed by atoms with Crippen LogP contribution in [0.2, 0.25) is 0 Å². The molecule has 8 heteroatoms. The average molecular weight is 410 g/mol. The monoisotopic (exact) mass is 410 g/mol. The van der Waals surface area contributed by atoms with Crippen molar-refractivity contribution >= 4 is 17.2 Å². The van der Waals surface area contributed by atoms with E-state index in [1.807, 2.05) is 24.3 Å². The van der Waals surface area contributed by atoms with Gasteiger partial charge in [0, 0.05) is 23.6 Å². The Morgan fingerprint density at radius 1 is 1.24 bits per heavy atom. The molecule has 1 spiro atoms. The molecule has 2 N–H and O–H groups in total. The summed E-state index contributed by atoms with van der Waals surface area (Å²) >= 11 is 1.58. The van der Waals surface area contributed by atoms with Crippen molar-refractivity contribution in [2.24, 2.45) is 0 Å². The van der Waals surface area contributed by atoms with E-state index in [-0.39, 0.29) is 18.1 Å². The third kappa shape index (κ3) is 3.59. The van der Waals surface area contributed by atoms with Crippen molar-refractivity contribution in [3.63, 3.8) is 0 Å². The molecule has 3 aromatic rings. The normalized spacial score (nSPS) is 17.8. The van der Waals surface area contributed by atoms with Gasteiger partial charge in [0.2, 0.25) is 0 Å². The van der Waals surface area contributed by atoms with Crippen LogP contribution in [0.1, 0.15) is 38.7 Å². The Hall–Kier alpha value is -2.55. The van der Waals surface area contributed by atoms with Gasteiger partial charge in [0.25, 0.3) is 5.91 Å². The number of hydrogen-bond acceptors (Lipinski definition) is 7. The number of carbonyl (C=O) groups is 1. The van der Waals surface area contributed by atoms with Gasteiger partial charge in [-0.1, -0.05) is 11.2 Å². The largest absolute Gasteiger partial charge is 0.370 e. The number of aromatic nitrogens is 2. The van der Waals surface area contributed by atoms with Gasteiger partial charge in [-0.2, -0.15) is 0 Å². The molecule has 1 saturated heterocycles.